The van der Waals surface area contributed by atoms with Crippen molar-refractivity contribution in [2.75, 3.05) is 5.32 Å². The van der Waals surface area contributed by atoms with Gasteiger partial charge in [0.2, 0.25) is 0 Å². The maximum absolute atomic E-state index is 12.0. The summed E-state index contributed by atoms with van der Waals surface area (Å²) in [5, 5.41) is 2.72. The van der Waals surface area contributed by atoms with E-state index in [1.54, 1.807) is 19.1 Å². The van der Waals surface area contributed by atoms with Crippen molar-refractivity contribution in [1.82, 2.24) is 0 Å². The van der Waals surface area contributed by atoms with Gasteiger partial charge in [0.1, 0.15) is 0 Å². The molecule has 0 bridgehead atoms. The fraction of sp³-hybridized carbons (Fsp3) is 0.158. The number of hydrogen-bond acceptors (Lipinski definition) is 3. The summed E-state index contributed by atoms with van der Waals surface area (Å²) >= 11 is 0. The van der Waals surface area contributed by atoms with Crippen molar-refractivity contribution in [3.8, 4) is 0 Å². The van der Waals surface area contributed by atoms with Gasteiger partial charge in [-0.2, -0.15) is 0 Å². The molecule has 4 heteroatoms. The molecule has 1 amide bonds. The monoisotopic (exact) mass is 309 g/mol. The first-order chi connectivity index (χ1) is 11.0. The molecule has 0 radical (unpaired) electrons. The lowest BCUT2D eigenvalue weighted by molar-refractivity contribution is -0.148. The summed E-state index contributed by atoms with van der Waals surface area (Å²) < 4.78 is 5.10. The molecular formula is C19H19NO3. The van der Waals surface area contributed by atoms with Crippen LogP contribution in [0.3, 0.4) is 0 Å². The van der Waals surface area contributed by atoms with Gasteiger partial charge in [-0.15, -0.1) is 0 Å². The number of rotatable bonds is 5. The van der Waals surface area contributed by atoms with Crippen LogP contribution in [0.1, 0.15) is 18.1 Å². The Kier molecular flexibility index (Phi) is 5.69. The molecular weight excluding hydrogens is 290 g/mol. The highest BCUT2D eigenvalue weighted by Crippen LogP contribution is 2.10. The average Bonchev–Trinajstić information content (AvgIpc) is 2.54. The predicted octanol–water partition coefficient (Wildman–Crippen LogP) is 3.58. The lowest BCUT2D eigenvalue weighted by Gasteiger charge is -2.12. The Labute approximate surface area is 135 Å². The minimum atomic E-state index is -0.872. The Hall–Kier alpha value is -2.88. The SMILES string of the molecule is Cc1cccc(NC(=O)[C@H](C)OC(=O)/C=C/c2ccccc2)c1. The van der Waals surface area contributed by atoms with Crippen molar-refractivity contribution in [2.45, 2.75) is 20.0 Å². The third kappa shape index (κ3) is 5.43. The maximum Gasteiger partial charge on any atom is 0.331 e. The number of nitrogens with one attached hydrogen (secondary N) is 1. The standard InChI is InChI=1S/C19H19NO3/c1-14-7-6-10-17(13-14)20-19(22)15(2)23-18(21)12-11-16-8-4-3-5-9-16/h3-13,15H,1-2H3,(H,20,22)/b12-11+/t15-/m0/s1. The van der Waals surface area contributed by atoms with Crippen LogP contribution >= 0.6 is 0 Å². The first kappa shape index (κ1) is 16.5. The van der Waals surface area contributed by atoms with Crippen LogP contribution in [0.5, 0.6) is 0 Å². The maximum atomic E-state index is 12.0. The molecule has 0 heterocycles. The quantitative estimate of drug-likeness (QED) is 0.678. The van der Waals surface area contributed by atoms with E-state index >= 15 is 0 Å². The summed E-state index contributed by atoms with van der Waals surface area (Å²) in [6.45, 7) is 3.48. The average molecular weight is 309 g/mol. The molecule has 0 aliphatic rings. The number of esters is 1. The number of hydrogen-bond donors (Lipinski definition) is 1. The first-order valence-electron chi connectivity index (χ1n) is 7.36. The highest BCUT2D eigenvalue weighted by atomic mass is 16.5. The predicted molar refractivity (Wildman–Crippen MR) is 90.8 cm³/mol. The Morgan fingerprint density at radius 2 is 1.83 bits per heavy atom. The van der Waals surface area contributed by atoms with Gasteiger partial charge in [-0.3, -0.25) is 4.79 Å². The van der Waals surface area contributed by atoms with E-state index in [2.05, 4.69) is 5.32 Å². The molecule has 0 aliphatic heterocycles. The second kappa shape index (κ2) is 7.94. The summed E-state index contributed by atoms with van der Waals surface area (Å²) in [5.74, 6) is -0.919. The molecule has 0 saturated heterocycles. The van der Waals surface area contributed by atoms with Gasteiger partial charge >= 0.3 is 5.97 Å². The lowest BCUT2D eigenvalue weighted by Crippen LogP contribution is -2.29. The van der Waals surface area contributed by atoms with E-state index in [4.69, 9.17) is 4.74 Å². The van der Waals surface area contributed by atoms with Crippen molar-refractivity contribution in [3.05, 3.63) is 71.8 Å². The number of ether oxygens (including phenoxy) is 1. The normalized spacial score (nSPS) is 11.9. The highest BCUT2D eigenvalue weighted by Gasteiger charge is 2.16. The summed E-state index contributed by atoms with van der Waals surface area (Å²) in [7, 11) is 0. The highest BCUT2D eigenvalue weighted by molar-refractivity contribution is 5.96. The number of carbonyl (C=O) groups is 2. The van der Waals surface area contributed by atoms with Crippen LogP contribution in [0, 0.1) is 6.92 Å². The fourth-order valence-electron chi connectivity index (χ4n) is 1.96. The van der Waals surface area contributed by atoms with E-state index in [0.29, 0.717) is 5.69 Å². The lowest BCUT2D eigenvalue weighted by atomic mass is 10.2. The largest absolute Gasteiger partial charge is 0.449 e. The minimum absolute atomic E-state index is 0.364. The van der Waals surface area contributed by atoms with Crippen LogP contribution in [0.15, 0.2) is 60.7 Å². The molecule has 1 N–H and O–H groups in total. The van der Waals surface area contributed by atoms with Crippen LogP contribution < -0.4 is 5.32 Å². The molecule has 0 fully saturated rings. The molecule has 2 rings (SSSR count). The molecule has 4 nitrogen and oxygen atoms in total. The third-order valence-corrected chi connectivity index (χ3v) is 3.16. The summed E-state index contributed by atoms with van der Waals surface area (Å²) in [5.41, 5.74) is 2.61. The Balaban J connectivity index is 1.88. The van der Waals surface area contributed by atoms with Crippen molar-refractivity contribution in [3.63, 3.8) is 0 Å². The van der Waals surface area contributed by atoms with Crippen molar-refractivity contribution < 1.29 is 14.3 Å². The molecule has 0 aromatic heterocycles. The van der Waals surface area contributed by atoms with E-state index in [-0.39, 0.29) is 5.91 Å². The van der Waals surface area contributed by atoms with Gasteiger partial charge in [0.15, 0.2) is 6.10 Å². The number of benzene rings is 2. The zero-order valence-corrected chi connectivity index (χ0v) is 13.2. The number of anilines is 1. The Morgan fingerprint density at radius 1 is 1.09 bits per heavy atom. The number of carbonyl (C=O) groups excluding carboxylic acids is 2. The second-order valence-electron chi connectivity index (χ2n) is 5.18. The second-order valence-corrected chi connectivity index (χ2v) is 5.18. The molecule has 0 saturated carbocycles. The first-order valence-corrected chi connectivity index (χ1v) is 7.36. The van der Waals surface area contributed by atoms with Crippen LogP contribution in [-0.4, -0.2) is 18.0 Å². The van der Waals surface area contributed by atoms with Gasteiger partial charge in [0.25, 0.3) is 5.91 Å². The molecule has 0 unspecified atom stereocenters. The topological polar surface area (TPSA) is 55.4 Å². The van der Waals surface area contributed by atoms with Gasteiger partial charge in [0, 0.05) is 11.8 Å². The van der Waals surface area contributed by atoms with Crippen LogP contribution in [0.25, 0.3) is 6.08 Å². The molecule has 118 valence electrons. The van der Waals surface area contributed by atoms with E-state index < -0.39 is 12.1 Å². The molecule has 0 spiro atoms. The zero-order chi connectivity index (χ0) is 16.7. The van der Waals surface area contributed by atoms with Crippen molar-refractivity contribution in [2.24, 2.45) is 0 Å². The van der Waals surface area contributed by atoms with E-state index in [1.807, 2.05) is 55.5 Å². The zero-order valence-electron chi connectivity index (χ0n) is 13.2. The molecule has 23 heavy (non-hydrogen) atoms. The Morgan fingerprint density at radius 3 is 2.52 bits per heavy atom. The summed E-state index contributed by atoms with van der Waals surface area (Å²) in [4.78, 5) is 23.8. The fourth-order valence-corrected chi connectivity index (χ4v) is 1.96. The summed E-state index contributed by atoms with van der Waals surface area (Å²) in [6.07, 6.45) is 2.09. The minimum Gasteiger partial charge on any atom is -0.449 e. The molecule has 1 atom stereocenters. The third-order valence-electron chi connectivity index (χ3n) is 3.16. The van der Waals surface area contributed by atoms with E-state index in [9.17, 15) is 9.59 Å². The summed E-state index contributed by atoms with van der Waals surface area (Å²) in [6, 6.07) is 16.8. The van der Waals surface area contributed by atoms with Gasteiger partial charge in [0.05, 0.1) is 0 Å². The molecule has 0 aliphatic carbocycles. The van der Waals surface area contributed by atoms with Gasteiger partial charge in [-0.05, 0) is 43.2 Å². The van der Waals surface area contributed by atoms with Crippen molar-refractivity contribution in [1.29, 1.82) is 0 Å². The number of amides is 1. The van der Waals surface area contributed by atoms with Gasteiger partial charge < -0.3 is 10.1 Å². The number of aryl methyl sites for hydroxylation is 1. The van der Waals surface area contributed by atoms with Crippen LogP contribution in [-0.2, 0) is 14.3 Å². The smallest absolute Gasteiger partial charge is 0.331 e. The van der Waals surface area contributed by atoms with E-state index in [1.165, 1.54) is 6.08 Å². The van der Waals surface area contributed by atoms with E-state index in [0.717, 1.165) is 11.1 Å². The van der Waals surface area contributed by atoms with Crippen molar-refractivity contribution >= 4 is 23.6 Å². The van der Waals surface area contributed by atoms with Crippen LogP contribution in [0.2, 0.25) is 0 Å². The Bertz CT molecular complexity index is 708. The molecule has 2 aromatic carbocycles. The van der Waals surface area contributed by atoms with Crippen LogP contribution in [0.4, 0.5) is 5.69 Å². The van der Waals surface area contributed by atoms with Gasteiger partial charge in [-0.1, -0.05) is 42.5 Å². The van der Waals surface area contributed by atoms with Gasteiger partial charge in [-0.25, -0.2) is 4.79 Å². The molecule has 2 aromatic rings.